The maximum atomic E-state index is 14.5. The van der Waals surface area contributed by atoms with Crippen LogP contribution in [0.1, 0.15) is 41.7 Å². The van der Waals surface area contributed by atoms with Crippen LogP contribution in [0.5, 0.6) is 0 Å². The van der Waals surface area contributed by atoms with Crippen LogP contribution in [-0.4, -0.2) is 7.05 Å². The van der Waals surface area contributed by atoms with Crippen molar-refractivity contribution in [1.29, 1.82) is 0 Å². The van der Waals surface area contributed by atoms with Gasteiger partial charge in [-0.05, 0) is 107 Å². The van der Waals surface area contributed by atoms with Gasteiger partial charge in [0.15, 0.2) is 23.3 Å². The highest BCUT2D eigenvalue weighted by Gasteiger charge is 2.43. The lowest BCUT2D eigenvalue weighted by molar-refractivity contribution is 0.502. The SMILES string of the molecule is C=C(/C=C/C=C1/N(C)c2c(ccc3ccccc23)C1(C)Cc1ccc(F)c(F)c1)C(C)(Cc1ccc(F)c(F)c1)c1ccc2ccccc2c1C. The molecule has 0 saturated carbocycles. The van der Waals surface area contributed by atoms with Crippen molar-refractivity contribution in [2.24, 2.45) is 0 Å². The number of hydrogen-bond acceptors (Lipinski definition) is 1. The van der Waals surface area contributed by atoms with Crippen molar-refractivity contribution in [1.82, 2.24) is 0 Å². The van der Waals surface area contributed by atoms with E-state index in [4.69, 9.17) is 0 Å². The lowest BCUT2D eigenvalue weighted by Crippen LogP contribution is -2.29. The number of nitrogens with zero attached hydrogens (tertiary/aromatic N) is 1. The molecule has 2 unspecified atom stereocenters. The monoisotopic (exact) mass is 681 g/mol. The normalized spacial score (nSPS) is 17.8. The summed E-state index contributed by atoms with van der Waals surface area (Å²) in [5.41, 5.74) is 6.21. The lowest BCUT2D eigenvalue weighted by Gasteiger charge is -2.34. The number of benzene rings is 6. The summed E-state index contributed by atoms with van der Waals surface area (Å²) in [6, 6.07) is 33.1. The maximum absolute atomic E-state index is 14.5. The maximum Gasteiger partial charge on any atom is 0.159 e. The molecule has 7 rings (SSSR count). The molecule has 1 nitrogen and oxygen atoms in total. The summed E-state index contributed by atoms with van der Waals surface area (Å²) >= 11 is 0. The Morgan fingerprint density at radius 2 is 1.33 bits per heavy atom. The van der Waals surface area contributed by atoms with E-state index in [2.05, 4.69) is 86.9 Å². The Labute approximate surface area is 296 Å². The second kappa shape index (κ2) is 13.0. The van der Waals surface area contributed by atoms with Crippen molar-refractivity contribution < 1.29 is 17.6 Å². The van der Waals surface area contributed by atoms with Crippen LogP contribution >= 0.6 is 0 Å². The van der Waals surface area contributed by atoms with Gasteiger partial charge in [0.05, 0.1) is 5.69 Å². The zero-order chi connectivity index (χ0) is 36.1. The molecular weight excluding hydrogens is 643 g/mol. The summed E-state index contributed by atoms with van der Waals surface area (Å²) in [6.45, 7) is 10.9. The number of rotatable bonds is 8. The van der Waals surface area contributed by atoms with Gasteiger partial charge in [-0.1, -0.05) is 111 Å². The summed E-state index contributed by atoms with van der Waals surface area (Å²) in [4.78, 5) is 2.19. The highest BCUT2D eigenvalue weighted by Crippen LogP contribution is 2.52. The summed E-state index contributed by atoms with van der Waals surface area (Å²) in [6.07, 6.45) is 6.91. The van der Waals surface area contributed by atoms with Crippen molar-refractivity contribution in [2.75, 3.05) is 11.9 Å². The van der Waals surface area contributed by atoms with Gasteiger partial charge in [-0.25, -0.2) is 17.6 Å². The van der Waals surface area contributed by atoms with Gasteiger partial charge >= 0.3 is 0 Å². The molecule has 6 aromatic carbocycles. The van der Waals surface area contributed by atoms with Crippen molar-refractivity contribution in [3.8, 4) is 0 Å². The van der Waals surface area contributed by atoms with E-state index in [-0.39, 0.29) is 0 Å². The number of fused-ring (bicyclic) bond motifs is 4. The number of halogens is 4. The van der Waals surface area contributed by atoms with Crippen LogP contribution < -0.4 is 4.90 Å². The number of likely N-dealkylation sites (N-methyl/N-ethyl adjacent to an activating group) is 1. The second-order valence-corrected chi connectivity index (χ2v) is 14.2. The lowest BCUT2D eigenvalue weighted by atomic mass is 9.70. The molecule has 0 aliphatic carbocycles. The van der Waals surface area contributed by atoms with E-state index < -0.39 is 34.1 Å². The molecule has 0 aromatic heterocycles. The number of allylic oxidation sites excluding steroid dienone is 5. The average Bonchev–Trinajstić information content (AvgIpc) is 3.33. The third kappa shape index (κ3) is 5.95. The molecule has 1 aliphatic rings. The molecule has 0 fully saturated rings. The zero-order valence-corrected chi connectivity index (χ0v) is 29.2. The molecule has 2 atom stereocenters. The van der Waals surface area contributed by atoms with Crippen LogP contribution in [0, 0.1) is 30.2 Å². The molecule has 0 N–H and O–H groups in total. The van der Waals surface area contributed by atoms with Gasteiger partial charge in [-0.3, -0.25) is 0 Å². The topological polar surface area (TPSA) is 3.24 Å². The molecule has 1 heterocycles. The molecule has 5 heteroatoms. The summed E-state index contributed by atoms with van der Waals surface area (Å²) in [5.74, 6) is -3.50. The molecule has 1 aliphatic heterocycles. The fourth-order valence-electron chi connectivity index (χ4n) is 8.13. The van der Waals surface area contributed by atoms with E-state index in [1.807, 2.05) is 43.5 Å². The third-order valence-corrected chi connectivity index (χ3v) is 10.9. The van der Waals surface area contributed by atoms with Gasteiger partial charge < -0.3 is 4.90 Å². The first-order valence-corrected chi connectivity index (χ1v) is 17.1. The van der Waals surface area contributed by atoms with Gasteiger partial charge in [0.25, 0.3) is 0 Å². The number of hydrogen-bond donors (Lipinski definition) is 0. The number of anilines is 1. The van der Waals surface area contributed by atoms with Gasteiger partial charge in [-0.15, -0.1) is 0 Å². The van der Waals surface area contributed by atoms with E-state index in [1.165, 1.54) is 24.3 Å². The van der Waals surface area contributed by atoms with Crippen molar-refractivity contribution in [3.05, 3.63) is 196 Å². The minimum Gasteiger partial charge on any atom is -0.347 e. The molecule has 256 valence electrons. The van der Waals surface area contributed by atoms with Gasteiger partial charge in [0.2, 0.25) is 0 Å². The Bertz CT molecular complexity index is 2410. The van der Waals surface area contributed by atoms with Crippen LogP contribution in [0.3, 0.4) is 0 Å². The van der Waals surface area contributed by atoms with Crippen LogP contribution in [0.2, 0.25) is 0 Å². The van der Waals surface area contributed by atoms with Crippen LogP contribution in [-0.2, 0) is 23.7 Å². The standard InChI is InChI=1S/C46H39F4N/c1-29(45(3,27-31-17-23-39(47)41(49)25-31)37-21-19-33-12-6-8-14-35(33)30(37)2)11-10-16-43-46(4,28-32-18-24-40(48)42(50)26-32)38-22-20-34-13-7-9-15-36(34)44(38)51(43)5/h6-26H,1,27-28H2,2-5H3/b11-10+,43-16+. The average molecular weight is 682 g/mol. The molecule has 51 heavy (non-hydrogen) atoms. The van der Waals surface area contributed by atoms with Crippen molar-refractivity contribution in [3.63, 3.8) is 0 Å². The van der Waals surface area contributed by atoms with Gasteiger partial charge in [0.1, 0.15) is 0 Å². The smallest absolute Gasteiger partial charge is 0.159 e. The first kappa shape index (κ1) is 34.0. The van der Waals surface area contributed by atoms with Crippen LogP contribution in [0.4, 0.5) is 23.2 Å². The van der Waals surface area contributed by atoms with Crippen LogP contribution in [0.15, 0.2) is 145 Å². The predicted molar refractivity (Wildman–Crippen MR) is 202 cm³/mol. The van der Waals surface area contributed by atoms with E-state index in [9.17, 15) is 17.6 Å². The quantitative estimate of drug-likeness (QED) is 0.114. The van der Waals surface area contributed by atoms with E-state index in [0.29, 0.717) is 24.0 Å². The first-order chi connectivity index (χ1) is 24.4. The molecule has 0 bridgehead atoms. The molecule has 0 amide bonds. The fraction of sp³-hybridized carbons (Fsp3) is 0.174. The minimum atomic E-state index is -0.882. The molecule has 0 radical (unpaired) electrons. The highest BCUT2D eigenvalue weighted by molar-refractivity contribution is 5.99. The second-order valence-electron chi connectivity index (χ2n) is 14.2. The molecule has 6 aromatic rings. The molecule has 0 saturated heterocycles. The highest BCUT2D eigenvalue weighted by atomic mass is 19.2. The first-order valence-electron chi connectivity index (χ1n) is 17.1. The van der Waals surface area contributed by atoms with Gasteiger partial charge in [-0.2, -0.15) is 0 Å². The largest absolute Gasteiger partial charge is 0.347 e. The summed E-state index contributed by atoms with van der Waals surface area (Å²) in [5, 5.41) is 4.46. The Morgan fingerprint density at radius 3 is 2.02 bits per heavy atom. The van der Waals surface area contributed by atoms with E-state index in [0.717, 1.165) is 55.2 Å². The summed E-state index contributed by atoms with van der Waals surface area (Å²) in [7, 11) is 2.04. The Hall–Kier alpha value is -5.42. The molecule has 0 spiro atoms. The van der Waals surface area contributed by atoms with Gasteiger partial charge in [0, 0.05) is 29.0 Å². The Morgan fingerprint density at radius 1 is 0.745 bits per heavy atom. The Kier molecular flexibility index (Phi) is 8.71. The van der Waals surface area contributed by atoms with E-state index >= 15 is 0 Å². The minimum absolute atomic E-state index is 0.397. The van der Waals surface area contributed by atoms with Crippen molar-refractivity contribution in [2.45, 2.75) is 44.4 Å². The van der Waals surface area contributed by atoms with Crippen molar-refractivity contribution >= 4 is 27.2 Å². The Balaban J connectivity index is 1.32. The predicted octanol–water partition coefficient (Wildman–Crippen LogP) is 12.0. The van der Waals surface area contributed by atoms with Crippen LogP contribution in [0.25, 0.3) is 21.5 Å². The van der Waals surface area contributed by atoms with E-state index in [1.54, 1.807) is 12.1 Å². The molecular formula is C46H39F4N. The summed E-state index contributed by atoms with van der Waals surface area (Å²) < 4.78 is 56.8. The zero-order valence-electron chi connectivity index (χ0n) is 29.2. The number of aryl methyl sites for hydroxylation is 1. The fourth-order valence-corrected chi connectivity index (χ4v) is 8.13. The third-order valence-electron chi connectivity index (χ3n) is 10.9.